The zero-order chi connectivity index (χ0) is 26.5. The van der Waals surface area contributed by atoms with Crippen molar-refractivity contribution >= 4 is 35.4 Å². The van der Waals surface area contributed by atoms with E-state index in [9.17, 15) is 28.8 Å². The topological polar surface area (TPSA) is 171 Å². The summed E-state index contributed by atoms with van der Waals surface area (Å²) < 4.78 is 5.55. The van der Waals surface area contributed by atoms with Crippen LogP contribution >= 0.6 is 0 Å². The highest BCUT2D eigenvalue weighted by Crippen LogP contribution is 2.33. The Morgan fingerprint density at radius 3 is 2.22 bits per heavy atom. The van der Waals surface area contributed by atoms with E-state index in [0.29, 0.717) is 0 Å². The molecule has 0 aliphatic carbocycles. The molecule has 4 rings (SSSR count). The predicted molar refractivity (Wildman–Crippen MR) is 126 cm³/mol. The number of rotatable bonds is 9. The SMILES string of the molecule is O=C(CO)NCc1ccc(CNC(=O)COc2cccc3c2C(=O)N(C2CCC(=O)NC2=O)C3=O)cc1. The maximum atomic E-state index is 13.1. The number of hydrogen-bond acceptors (Lipinski definition) is 8. The van der Waals surface area contributed by atoms with E-state index in [4.69, 9.17) is 9.84 Å². The third-order valence-corrected chi connectivity index (χ3v) is 5.93. The average Bonchev–Trinajstić information content (AvgIpc) is 3.15. The fraction of sp³-hybridized carbons (Fsp3) is 0.280. The number of fused-ring (bicyclic) bond motifs is 1. The van der Waals surface area contributed by atoms with Crippen LogP contribution in [0.4, 0.5) is 0 Å². The number of nitrogens with zero attached hydrogens (tertiary/aromatic N) is 1. The second kappa shape index (κ2) is 11.0. The summed E-state index contributed by atoms with van der Waals surface area (Å²) in [6.07, 6.45) is 0.0450. The van der Waals surface area contributed by atoms with Crippen LogP contribution in [-0.4, -0.2) is 64.7 Å². The van der Waals surface area contributed by atoms with Crippen LogP contribution in [0.25, 0.3) is 0 Å². The summed E-state index contributed by atoms with van der Waals surface area (Å²) in [6, 6.07) is 10.4. The van der Waals surface area contributed by atoms with Gasteiger partial charge in [-0.3, -0.25) is 39.0 Å². The smallest absolute Gasteiger partial charge is 0.266 e. The number of amides is 6. The molecule has 1 fully saturated rings. The van der Waals surface area contributed by atoms with Crippen LogP contribution in [0.3, 0.4) is 0 Å². The number of piperidine rings is 1. The predicted octanol–water partition coefficient (Wildman–Crippen LogP) is -0.608. The number of ether oxygens (including phenoxy) is 1. The fourth-order valence-electron chi connectivity index (χ4n) is 4.03. The third-order valence-electron chi connectivity index (χ3n) is 5.93. The lowest BCUT2D eigenvalue weighted by molar-refractivity contribution is -0.136. The van der Waals surface area contributed by atoms with E-state index in [1.54, 1.807) is 24.3 Å². The van der Waals surface area contributed by atoms with Crippen molar-refractivity contribution in [2.24, 2.45) is 0 Å². The van der Waals surface area contributed by atoms with E-state index in [1.807, 2.05) is 0 Å². The van der Waals surface area contributed by atoms with Gasteiger partial charge in [-0.25, -0.2) is 0 Å². The highest BCUT2D eigenvalue weighted by atomic mass is 16.5. The summed E-state index contributed by atoms with van der Waals surface area (Å²) in [5.41, 5.74) is 1.65. The third kappa shape index (κ3) is 5.64. The molecule has 0 radical (unpaired) electrons. The molecule has 2 aliphatic heterocycles. The van der Waals surface area contributed by atoms with Gasteiger partial charge in [-0.1, -0.05) is 30.3 Å². The van der Waals surface area contributed by atoms with Gasteiger partial charge in [0.1, 0.15) is 18.4 Å². The first kappa shape index (κ1) is 25.5. The van der Waals surface area contributed by atoms with E-state index >= 15 is 0 Å². The number of nitrogens with one attached hydrogen (secondary N) is 3. The van der Waals surface area contributed by atoms with Crippen LogP contribution in [0, 0.1) is 0 Å². The molecule has 4 N–H and O–H groups in total. The zero-order valence-corrected chi connectivity index (χ0v) is 19.6. The summed E-state index contributed by atoms with van der Waals surface area (Å²) in [6.45, 7) is -0.523. The lowest BCUT2D eigenvalue weighted by atomic mass is 10.0. The van der Waals surface area contributed by atoms with Gasteiger partial charge >= 0.3 is 0 Å². The maximum absolute atomic E-state index is 13.1. The Morgan fingerprint density at radius 1 is 0.946 bits per heavy atom. The van der Waals surface area contributed by atoms with E-state index in [0.717, 1.165) is 16.0 Å². The minimum atomic E-state index is -1.10. The molecular weight excluding hydrogens is 484 g/mol. The molecule has 0 saturated carbocycles. The first-order valence-electron chi connectivity index (χ1n) is 11.5. The number of carbonyl (C=O) groups is 6. The summed E-state index contributed by atoms with van der Waals surface area (Å²) in [7, 11) is 0. The molecule has 192 valence electrons. The van der Waals surface area contributed by atoms with E-state index in [2.05, 4.69) is 16.0 Å². The molecule has 6 amide bonds. The lowest BCUT2D eigenvalue weighted by Gasteiger charge is -2.27. The van der Waals surface area contributed by atoms with Gasteiger partial charge in [-0.15, -0.1) is 0 Å². The number of imide groups is 2. The molecule has 2 heterocycles. The van der Waals surface area contributed by atoms with Crippen LogP contribution in [0.2, 0.25) is 0 Å². The first-order chi connectivity index (χ1) is 17.8. The molecule has 0 aromatic heterocycles. The average molecular weight is 508 g/mol. The number of aliphatic hydroxyl groups excluding tert-OH is 1. The number of hydrogen-bond donors (Lipinski definition) is 4. The van der Waals surface area contributed by atoms with Crippen LogP contribution < -0.4 is 20.7 Å². The van der Waals surface area contributed by atoms with Gasteiger partial charge in [0.2, 0.25) is 17.7 Å². The van der Waals surface area contributed by atoms with Crippen molar-refractivity contribution in [2.45, 2.75) is 32.0 Å². The van der Waals surface area contributed by atoms with Crippen LogP contribution in [0.5, 0.6) is 5.75 Å². The van der Waals surface area contributed by atoms with Crippen molar-refractivity contribution in [3.8, 4) is 5.75 Å². The summed E-state index contributed by atoms with van der Waals surface area (Å²) in [4.78, 5) is 73.9. The highest BCUT2D eigenvalue weighted by molar-refractivity contribution is 6.24. The lowest BCUT2D eigenvalue weighted by Crippen LogP contribution is -2.54. The minimum absolute atomic E-state index is 0.0103. The molecule has 2 aliphatic rings. The van der Waals surface area contributed by atoms with Gasteiger partial charge in [-0.2, -0.15) is 0 Å². The summed E-state index contributed by atoms with van der Waals surface area (Å²) in [5.74, 6) is -3.46. The molecule has 1 atom stereocenters. The maximum Gasteiger partial charge on any atom is 0.266 e. The van der Waals surface area contributed by atoms with Crippen molar-refractivity contribution in [2.75, 3.05) is 13.2 Å². The fourth-order valence-corrected chi connectivity index (χ4v) is 4.03. The quantitative estimate of drug-likeness (QED) is 0.325. The Kier molecular flexibility index (Phi) is 7.58. The number of carbonyl (C=O) groups excluding carboxylic acids is 6. The Labute approximate surface area is 211 Å². The summed E-state index contributed by atoms with van der Waals surface area (Å²) in [5, 5.41) is 16.1. The Bertz CT molecular complexity index is 1270. The van der Waals surface area contributed by atoms with Gasteiger partial charge < -0.3 is 20.5 Å². The standard InChI is InChI=1S/C25H24N4O8/c30-12-20(32)26-10-14-4-6-15(7-5-14)11-27-21(33)13-37-18-3-1-2-16-22(18)25(36)29(24(16)35)17-8-9-19(31)28-23(17)34/h1-7,17,30H,8-13H2,(H,26,32)(H,27,33)(H,28,31,34). The molecule has 12 nitrogen and oxygen atoms in total. The van der Waals surface area contributed by atoms with E-state index in [1.165, 1.54) is 18.2 Å². The van der Waals surface area contributed by atoms with E-state index < -0.39 is 54.7 Å². The van der Waals surface area contributed by atoms with Crippen molar-refractivity contribution in [1.82, 2.24) is 20.9 Å². The second-order valence-electron chi connectivity index (χ2n) is 8.44. The Balaban J connectivity index is 1.33. The first-order valence-corrected chi connectivity index (χ1v) is 11.5. The largest absolute Gasteiger partial charge is 0.483 e. The van der Waals surface area contributed by atoms with Crippen LogP contribution in [0.15, 0.2) is 42.5 Å². The molecule has 1 saturated heterocycles. The molecule has 2 aromatic carbocycles. The Morgan fingerprint density at radius 2 is 1.59 bits per heavy atom. The van der Waals surface area contributed by atoms with E-state index in [-0.39, 0.29) is 42.8 Å². The minimum Gasteiger partial charge on any atom is -0.483 e. The van der Waals surface area contributed by atoms with Gasteiger partial charge in [0.15, 0.2) is 6.61 Å². The molecule has 0 bridgehead atoms. The van der Waals surface area contributed by atoms with Crippen molar-refractivity contribution in [1.29, 1.82) is 0 Å². The van der Waals surface area contributed by atoms with Crippen molar-refractivity contribution in [3.05, 3.63) is 64.7 Å². The van der Waals surface area contributed by atoms with Gasteiger partial charge in [-0.05, 0) is 29.7 Å². The van der Waals surface area contributed by atoms with Gasteiger partial charge in [0.05, 0.1) is 11.1 Å². The van der Waals surface area contributed by atoms with Crippen LogP contribution in [0.1, 0.15) is 44.7 Å². The van der Waals surface area contributed by atoms with Crippen LogP contribution in [-0.2, 0) is 32.3 Å². The molecule has 37 heavy (non-hydrogen) atoms. The van der Waals surface area contributed by atoms with Gasteiger partial charge in [0.25, 0.3) is 17.7 Å². The molecular formula is C25H24N4O8. The molecule has 2 aromatic rings. The zero-order valence-electron chi connectivity index (χ0n) is 19.6. The normalized spacial score (nSPS) is 16.8. The molecule has 12 heteroatoms. The molecule has 0 spiro atoms. The van der Waals surface area contributed by atoms with Crippen molar-refractivity contribution < 1.29 is 38.6 Å². The Hall–Kier alpha value is -4.58. The van der Waals surface area contributed by atoms with Crippen molar-refractivity contribution in [3.63, 3.8) is 0 Å². The van der Waals surface area contributed by atoms with Gasteiger partial charge in [0, 0.05) is 19.5 Å². The second-order valence-corrected chi connectivity index (χ2v) is 8.44. The summed E-state index contributed by atoms with van der Waals surface area (Å²) >= 11 is 0. The number of benzene rings is 2. The monoisotopic (exact) mass is 508 g/mol. The number of aliphatic hydroxyl groups is 1. The molecule has 1 unspecified atom stereocenters. The highest BCUT2D eigenvalue weighted by Gasteiger charge is 2.46.